The molecule has 1 saturated heterocycles. The summed E-state index contributed by atoms with van der Waals surface area (Å²) in [5, 5.41) is 8.67. The third kappa shape index (κ3) is 7.63. The van der Waals surface area contributed by atoms with Crippen LogP contribution in [0.4, 0.5) is 0 Å². The van der Waals surface area contributed by atoms with Crippen LogP contribution >= 0.6 is 0 Å². The Morgan fingerprint density at radius 1 is 1.21 bits per heavy atom. The van der Waals surface area contributed by atoms with Crippen LogP contribution in [-0.2, 0) is 14.3 Å². The lowest BCUT2D eigenvalue weighted by molar-refractivity contribution is -0.122. The van der Waals surface area contributed by atoms with E-state index in [1.54, 1.807) is 14.2 Å². The summed E-state index contributed by atoms with van der Waals surface area (Å²) in [4.78, 5) is 29.8. The molecule has 1 heterocycles. The van der Waals surface area contributed by atoms with Crippen LogP contribution in [0.15, 0.2) is 4.99 Å². The van der Waals surface area contributed by atoms with E-state index >= 15 is 0 Å². The molecule has 1 rings (SSSR count). The van der Waals surface area contributed by atoms with E-state index < -0.39 is 0 Å². The second-order valence-corrected chi connectivity index (χ2v) is 5.82. The first kappa shape index (κ1) is 20.2. The van der Waals surface area contributed by atoms with E-state index in [-0.39, 0.29) is 18.4 Å². The van der Waals surface area contributed by atoms with Gasteiger partial charge in [-0.1, -0.05) is 0 Å². The highest BCUT2D eigenvalue weighted by Gasteiger charge is 2.23. The molecular weight excluding hydrogens is 310 g/mol. The number of carbonyl (C=O) groups excluding carboxylic acids is 2. The largest absolute Gasteiger partial charge is 0.383 e. The van der Waals surface area contributed by atoms with Gasteiger partial charge in [-0.05, 0) is 25.7 Å². The van der Waals surface area contributed by atoms with Crippen molar-refractivity contribution in [2.75, 3.05) is 53.5 Å². The van der Waals surface area contributed by atoms with Crippen molar-refractivity contribution in [1.29, 1.82) is 0 Å². The standard InChI is InChI=1S/C16H31N5O3/c1-4-18-16(20-12-15(23)19-7-10-24-3)21-8-5-13(6-9-21)11-14(22)17-2/h13H,4-12H2,1-3H3,(H,17,22)(H,18,20)(H,19,23). The zero-order valence-electron chi connectivity index (χ0n) is 15.1. The van der Waals surface area contributed by atoms with Crippen LogP contribution in [0.1, 0.15) is 26.2 Å². The van der Waals surface area contributed by atoms with Gasteiger partial charge in [0.05, 0.1) is 6.61 Å². The van der Waals surface area contributed by atoms with Gasteiger partial charge < -0.3 is 25.6 Å². The first-order chi connectivity index (χ1) is 11.6. The average molecular weight is 341 g/mol. The molecule has 0 atom stereocenters. The zero-order valence-corrected chi connectivity index (χ0v) is 15.1. The highest BCUT2D eigenvalue weighted by Crippen LogP contribution is 2.20. The molecule has 138 valence electrons. The van der Waals surface area contributed by atoms with E-state index in [1.165, 1.54) is 0 Å². The van der Waals surface area contributed by atoms with Gasteiger partial charge in [0.2, 0.25) is 11.8 Å². The molecule has 0 spiro atoms. The fourth-order valence-electron chi connectivity index (χ4n) is 2.63. The van der Waals surface area contributed by atoms with Crippen molar-refractivity contribution < 1.29 is 14.3 Å². The van der Waals surface area contributed by atoms with Gasteiger partial charge in [0.25, 0.3) is 0 Å². The number of rotatable bonds is 8. The molecule has 0 saturated carbocycles. The van der Waals surface area contributed by atoms with Gasteiger partial charge in [0.1, 0.15) is 6.54 Å². The maximum atomic E-state index is 11.8. The normalized spacial score (nSPS) is 16.0. The summed E-state index contributed by atoms with van der Waals surface area (Å²) in [6, 6.07) is 0. The number of ether oxygens (including phenoxy) is 1. The lowest BCUT2D eigenvalue weighted by Crippen LogP contribution is -2.46. The van der Waals surface area contributed by atoms with Crippen molar-refractivity contribution in [3.05, 3.63) is 0 Å². The van der Waals surface area contributed by atoms with Gasteiger partial charge >= 0.3 is 0 Å². The highest BCUT2D eigenvalue weighted by atomic mass is 16.5. The number of piperidine rings is 1. The summed E-state index contributed by atoms with van der Waals surface area (Å²) in [5.74, 6) is 1.16. The SMILES string of the molecule is CCNC(=NCC(=O)NCCOC)N1CCC(CC(=O)NC)CC1. The minimum absolute atomic E-state index is 0.0988. The fourth-order valence-corrected chi connectivity index (χ4v) is 2.63. The van der Waals surface area contributed by atoms with E-state index in [1.807, 2.05) is 6.92 Å². The Morgan fingerprint density at radius 3 is 2.50 bits per heavy atom. The number of hydrogen-bond acceptors (Lipinski definition) is 4. The van der Waals surface area contributed by atoms with E-state index in [2.05, 4.69) is 25.8 Å². The maximum absolute atomic E-state index is 11.8. The van der Waals surface area contributed by atoms with Crippen molar-refractivity contribution in [1.82, 2.24) is 20.9 Å². The van der Waals surface area contributed by atoms with E-state index in [0.29, 0.717) is 25.5 Å². The van der Waals surface area contributed by atoms with Crippen LogP contribution in [-0.4, -0.2) is 76.2 Å². The number of amides is 2. The van der Waals surface area contributed by atoms with E-state index in [9.17, 15) is 9.59 Å². The van der Waals surface area contributed by atoms with Crippen LogP contribution in [0.3, 0.4) is 0 Å². The molecule has 8 nitrogen and oxygen atoms in total. The molecule has 1 aliphatic heterocycles. The van der Waals surface area contributed by atoms with E-state index in [0.717, 1.165) is 38.4 Å². The average Bonchev–Trinajstić information content (AvgIpc) is 2.59. The molecule has 1 aliphatic rings. The quantitative estimate of drug-likeness (QED) is 0.316. The lowest BCUT2D eigenvalue weighted by atomic mass is 9.93. The maximum Gasteiger partial charge on any atom is 0.241 e. The van der Waals surface area contributed by atoms with Crippen molar-refractivity contribution in [3.63, 3.8) is 0 Å². The summed E-state index contributed by atoms with van der Waals surface area (Å²) in [7, 11) is 3.27. The van der Waals surface area contributed by atoms with Crippen LogP contribution in [0.5, 0.6) is 0 Å². The monoisotopic (exact) mass is 341 g/mol. The van der Waals surface area contributed by atoms with Crippen LogP contribution in [0, 0.1) is 5.92 Å². The summed E-state index contributed by atoms with van der Waals surface area (Å²) in [6.07, 6.45) is 2.50. The molecule has 0 bridgehead atoms. The van der Waals surface area contributed by atoms with Gasteiger partial charge in [0, 0.05) is 46.8 Å². The minimum Gasteiger partial charge on any atom is -0.383 e. The van der Waals surface area contributed by atoms with Crippen LogP contribution < -0.4 is 16.0 Å². The lowest BCUT2D eigenvalue weighted by Gasteiger charge is -2.34. The van der Waals surface area contributed by atoms with Crippen LogP contribution in [0.25, 0.3) is 0 Å². The number of methoxy groups -OCH3 is 1. The number of guanidine groups is 1. The molecule has 0 aromatic heterocycles. The Labute approximate surface area is 144 Å². The first-order valence-electron chi connectivity index (χ1n) is 8.60. The molecule has 8 heteroatoms. The number of carbonyl (C=O) groups is 2. The van der Waals surface area contributed by atoms with Gasteiger partial charge in [-0.3, -0.25) is 9.59 Å². The first-order valence-corrected chi connectivity index (χ1v) is 8.60. The Hall–Kier alpha value is -1.83. The molecular formula is C16H31N5O3. The van der Waals surface area contributed by atoms with Gasteiger partial charge in [-0.15, -0.1) is 0 Å². The smallest absolute Gasteiger partial charge is 0.241 e. The molecule has 24 heavy (non-hydrogen) atoms. The molecule has 0 unspecified atom stereocenters. The number of nitrogens with one attached hydrogen (secondary N) is 3. The van der Waals surface area contributed by atoms with Crippen molar-refractivity contribution in [2.24, 2.45) is 10.9 Å². The predicted molar refractivity (Wildman–Crippen MR) is 93.8 cm³/mol. The van der Waals surface area contributed by atoms with Gasteiger partial charge in [-0.25, -0.2) is 4.99 Å². The minimum atomic E-state index is -0.114. The summed E-state index contributed by atoms with van der Waals surface area (Å²) in [5.41, 5.74) is 0. The Bertz CT molecular complexity index is 420. The molecule has 0 aliphatic carbocycles. The number of aliphatic imine (C=N–C) groups is 1. The third-order valence-corrected chi connectivity index (χ3v) is 4.00. The number of hydrogen-bond donors (Lipinski definition) is 3. The van der Waals surface area contributed by atoms with Crippen molar-refractivity contribution in [2.45, 2.75) is 26.2 Å². The molecule has 2 amide bonds. The fraction of sp³-hybridized carbons (Fsp3) is 0.812. The van der Waals surface area contributed by atoms with Crippen molar-refractivity contribution >= 4 is 17.8 Å². The Kier molecular flexibility index (Phi) is 9.83. The van der Waals surface area contributed by atoms with Crippen LogP contribution in [0.2, 0.25) is 0 Å². The molecule has 3 N–H and O–H groups in total. The Morgan fingerprint density at radius 2 is 1.92 bits per heavy atom. The van der Waals surface area contributed by atoms with Gasteiger partial charge in [0.15, 0.2) is 5.96 Å². The molecule has 0 aromatic rings. The summed E-state index contributed by atoms with van der Waals surface area (Å²) in [6.45, 7) is 5.54. The molecule has 0 aromatic carbocycles. The predicted octanol–water partition coefficient (Wildman–Crippen LogP) is -0.437. The second kappa shape index (κ2) is 11.7. The third-order valence-electron chi connectivity index (χ3n) is 4.00. The number of likely N-dealkylation sites (tertiary alicyclic amines) is 1. The van der Waals surface area contributed by atoms with Crippen molar-refractivity contribution in [3.8, 4) is 0 Å². The summed E-state index contributed by atoms with van der Waals surface area (Å²) >= 11 is 0. The molecule has 1 fully saturated rings. The second-order valence-electron chi connectivity index (χ2n) is 5.82. The molecule has 0 radical (unpaired) electrons. The zero-order chi connectivity index (χ0) is 17.8. The number of nitrogens with zero attached hydrogens (tertiary/aromatic N) is 2. The highest BCUT2D eigenvalue weighted by molar-refractivity contribution is 5.85. The van der Waals surface area contributed by atoms with E-state index in [4.69, 9.17) is 4.74 Å². The topological polar surface area (TPSA) is 95.1 Å². The Balaban J connectivity index is 2.46. The summed E-state index contributed by atoms with van der Waals surface area (Å²) < 4.78 is 4.90. The van der Waals surface area contributed by atoms with Gasteiger partial charge in [-0.2, -0.15) is 0 Å².